The second-order valence-electron chi connectivity index (χ2n) is 5.15. The Labute approximate surface area is 116 Å². The fourth-order valence-electron chi connectivity index (χ4n) is 2.68. The highest BCUT2D eigenvalue weighted by atomic mass is 32.1. The van der Waals surface area contributed by atoms with Gasteiger partial charge in [-0.2, -0.15) is 0 Å². The molecule has 0 spiro atoms. The molecule has 2 unspecified atom stereocenters. The summed E-state index contributed by atoms with van der Waals surface area (Å²) in [5, 5.41) is 4.87. The number of aromatic nitrogens is 1. The third-order valence-corrected chi connectivity index (χ3v) is 4.73. The molecule has 0 aliphatic heterocycles. The third kappa shape index (κ3) is 3.45. The van der Waals surface area contributed by atoms with Gasteiger partial charge in [-0.05, 0) is 32.2 Å². The van der Waals surface area contributed by atoms with Gasteiger partial charge in [0.2, 0.25) is 5.91 Å². The van der Waals surface area contributed by atoms with Crippen LogP contribution in [0.3, 0.4) is 0 Å². The van der Waals surface area contributed by atoms with E-state index in [9.17, 15) is 9.59 Å². The predicted octanol–water partition coefficient (Wildman–Crippen LogP) is 0.852. The summed E-state index contributed by atoms with van der Waals surface area (Å²) < 4.78 is 1.65. The van der Waals surface area contributed by atoms with Crippen LogP contribution in [0.15, 0.2) is 10.2 Å². The zero-order chi connectivity index (χ0) is 13.8. The average molecular weight is 283 g/mol. The number of hydrogen-bond donors (Lipinski definition) is 2. The van der Waals surface area contributed by atoms with E-state index in [1.54, 1.807) is 4.57 Å². The first kappa shape index (κ1) is 14.3. The summed E-state index contributed by atoms with van der Waals surface area (Å²) in [6.45, 7) is 2.98. The first-order chi connectivity index (χ1) is 9.11. The molecule has 2 rings (SSSR count). The highest BCUT2D eigenvalue weighted by Gasteiger charge is 2.27. The SMILES string of the molecule is Cc1csc(=O)n1CCC(=O)NC1CCCC1CN. The van der Waals surface area contributed by atoms with Gasteiger partial charge < -0.3 is 15.6 Å². The number of carbonyl (C=O) groups excluding carboxylic acids is 1. The van der Waals surface area contributed by atoms with Gasteiger partial charge in [-0.1, -0.05) is 17.8 Å². The number of carbonyl (C=O) groups is 1. The summed E-state index contributed by atoms with van der Waals surface area (Å²) in [7, 11) is 0. The Balaban J connectivity index is 1.83. The summed E-state index contributed by atoms with van der Waals surface area (Å²) in [6, 6.07) is 0.220. The van der Waals surface area contributed by atoms with Gasteiger partial charge >= 0.3 is 4.87 Å². The summed E-state index contributed by atoms with van der Waals surface area (Å²) in [5.41, 5.74) is 6.62. The van der Waals surface area contributed by atoms with E-state index in [2.05, 4.69) is 5.32 Å². The van der Waals surface area contributed by atoms with Gasteiger partial charge in [0.15, 0.2) is 0 Å². The van der Waals surface area contributed by atoms with Crippen molar-refractivity contribution in [1.29, 1.82) is 0 Å². The molecule has 1 aliphatic rings. The molecule has 1 heterocycles. The molecule has 1 fully saturated rings. The molecule has 0 saturated heterocycles. The van der Waals surface area contributed by atoms with Gasteiger partial charge in [-0.3, -0.25) is 9.59 Å². The van der Waals surface area contributed by atoms with Gasteiger partial charge in [0.05, 0.1) is 0 Å². The first-order valence-electron chi connectivity index (χ1n) is 6.76. The molecule has 1 saturated carbocycles. The van der Waals surface area contributed by atoms with Crippen LogP contribution >= 0.6 is 11.3 Å². The van der Waals surface area contributed by atoms with Crippen molar-refractivity contribution in [3.63, 3.8) is 0 Å². The van der Waals surface area contributed by atoms with Crippen LogP contribution in [0, 0.1) is 12.8 Å². The molecule has 1 aliphatic carbocycles. The number of hydrogen-bond acceptors (Lipinski definition) is 4. The largest absolute Gasteiger partial charge is 0.353 e. The van der Waals surface area contributed by atoms with E-state index < -0.39 is 0 Å². The Hall–Kier alpha value is -1.14. The maximum Gasteiger partial charge on any atom is 0.307 e. The van der Waals surface area contributed by atoms with E-state index in [1.165, 1.54) is 11.3 Å². The molecular weight excluding hydrogens is 262 g/mol. The van der Waals surface area contributed by atoms with E-state index in [-0.39, 0.29) is 16.8 Å². The maximum atomic E-state index is 11.9. The molecule has 19 heavy (non-hydrogen) atoms. The summed E-state index contributed by atoms with van der Waals surface area (Å²) in [6.07, 6.45) is 3.61. The quantitative estimate of drug-likeness (QED) is 0.841. The van der Waals surface area contributed by atoms with E-state index in [1.807, 2.05) is 12.3 Å². The Morgan fingerprint density at radius 1 is 1.58 bits per heavy atom. The first-order valence-corrected chi connectivity index (χ1v) is 7.64. The molecule has 1 amide bonds. The van der Waals surface area contributed by atoms with Crippen molar-refractivity contribution < 1.29 is 4.79 Å². The topological polar surface area (TPSA) is 77.1 Å². The molecule has 1 aromatic rings. The van der Waals surface area contributed by atoms with Crippen LogP contribution in [-0.2, 0) is 11.3 Å². The Kier molecular flexibility index (Phi) is 4.76. The third-order valence-electron chi connectivity index (χ3n) is 3.85. The normalized spacial score (nSPS) is 22.6. The molecule has 0 radical (unpaired) electrons. The number of amides is 1. The van der Waals surface area contributed by atoms with Gasteiger partial charge in [-0.15, -0.1) is 0 Å². The van der Waals surface area contributed by atoms with Crippen LogP contribution in [0.1, 0.15) is 31.4 Å². The maximum absolute atomic E-state index is 11.9. The van der Waals surface area contributed by atoms with Crippen LogP contribution in [0.5, 0.6) is 0 Å². The lowest BCUT2D eigenvalue weighted by Gasteiger charge is -2.19. The Bertz CT molecular complexity index is 494. The minimum absolute atomic E-state index is 0.00556. The summed E-state index contributed by atoms with van der Waals surface area (Å²) in [4.78, 5) is 23.4. The zero-order valence-electron chi connectivity index (χ0n) is 11.2. The highest BCUT2D eigenvalue weighted by Crippen LogP contribution is 2.24. The molecule has 106 valence electrons. The molecule has 1 aromatic heterocycles. The van der Waals surface area contributed by atoms with E-state index in [4.69, 9.17) is 5.73 Å². The van der Waals surface area contributed by atoms with Crippen LogP contribution in [-0.4, -0.2) is 23.1 Å². The van der Waals surface area contributed by atoms with Crippen molar-refractivity contribution in [1.82, 2.24) is 9.88 Å². The van der Waals surface area contributed by atoms with Crippen molar-refractivity contribution in [2.75, 3.05) is 6.54 Å². The Morgan fingerprint density at radius 2 is 2.37 bits per heavy atom. The van der Waals surface area contributed by atoms with Crippen molar-refractivity contribution in [2.45, 2.75) is 45.2 Å². The second kappa shape index (κ2) is 6.34. The van der Waals surface area contributed by atoms with Crippen LogP contribution in [0.4, 0.5) is 0 Å². The molecular formula is C13H21N3O2S. The molecule has 3 N–H and O–H groups in total. The van der Waals surface area contributed by atoms with Gasteiger partial charge in [-0.25, -0.2) is 0 Å². The predicted molar refractivity (Wildman–Crippen MR) is 76.3 cm³/mol. The molecule has 6 heteroatoms. The fraction of sp³-hybridized carbons (Fsp3) is 0.692. The Morgan fingerprint density at radius 3 is 3.00 bits per heavy atom. The van der Waals surface area contributed by atoms with E-state index in [0.29, 0.717) is 25.4 Å². The number of thiazole rings is 1. The monoisotopic (exact) mass is 283 g/mol. The molecule has 2 atom stereocenters. The number of nitrogens with one attached hydrogen (secondary N) is 1. The van der Waals surface area contributed by atoms with Crippen LogP contribution in [0.25, 0.3) is 0 Å². The van der Waals surface area contributed by atoms with Crippen molar-refractivity contribution in [3.05, 3.63) is 20.7 Å². The molecule has 0 bridgehead atoms. The van der Waals surface area contributed by atoms with E-state index in [0.717, 1.165) is 25.0 Å². The number of aryl methyl sites for hydroxylation is 1. The minimum Gasteiger partial charge on any atom is -0.353 e. The number of nitrogens with two attached hydrogens (primary N) is 1. The average Bonchev–Trinajstić information content (AvgIpc) is 2.95. The standard InChI is InChI=1S/C13H21N3O2S/c1-9-8-19-13(18)16(9)6-5-12(17)15-11-4-2-3-10(11)7-14/h8,10-11H,2-7,14H2,1H3,(H,15,17). The highest BCUT2D eigenvalue weighted by molar-refractivity contribution is 7.07. The zero-order valence-corrected chi connectivity index (χ0v) is 12.0. The molecule has 5 nitrogen and oxygen atoms in total. The van der Waals surface area contributed by atoms with Gasteiger partial charge in [0, 0.05) is 30.1 Å². The smallest absolute Gasteiger partial charge is 0.307 e. The number of nitrogens with zero attached hydrogens (tertiary/aromatic N) is 1. The molecule has 0 aromatic carbocycles. The van der Waals surface area contributed by atoms with Crippen LogP contribution in [0.2, 0.25) is 0 Å². The fourth-order valence-corrected chi connectivity index (χ4v) is 3.44. The lowest BCUT2D eigenvalue weighted by Crippen LogP contribution is -2.40. The minimum atomic E-state index is 0.00556. The van der Waals surface area contributed by atoms with Crippen LogP contribution < -0.4 is 15.9 Å². The van der Waals surface area contributed by atoms with Gasteiger partial charge in [0.25, 0.3) is 0 Å². The van der Waals surface area contributed by atoms with Gasteiger partial charge in [0.1, 0.15) is 0 Å². The van der Waals surface area contributed by atoms with Crippen molar-refractivity contribution in [2.24, 2.45) is 11.7 Å². The van der Waals surface area contributed by atoms with Crippen molar-refractivity contribution >= 4 is 17.2 Å². The summed E-state index contributed by atoms with van der Waals surface area (Å²) in [5.74, 6) is 0.428. The second-order valence-corrected chi connectivity index (χ2v) is 5.97. The van der Waals surface area contributed by atoms with E-state index >= 15 is 0 Å². The number of rotatable bonds is 5. The van der Waals surface area contributed by atoms with Crippen molar-refractivity contribution in [3.8, 4) is 0 Å². The summed E-state index contributed by atoms with van der Waals surface area (Å²) >= 11 is 1.18. The lowest BCUT2D eigenvalue weighted by molar-refractivity contribution is -0.122. The lowest BCUT2D eigenvalue weighted by atomic mass is 10.0.